The van der Waals surface area contributed by atoms with Crippen molar-refractivity contribution in [1.29, 1.82) is 0 Å². The molecule has 3 heterocycles. The van der Waals surface area contributed by atoms with Crippen LogP contribution in [0.25, 0.3) is 0 Å². The van der Waals surface area contributed by atoms with Gasteiger partial charge in [0, 0.05) is 59.1 Å². The van der Waals surface area contributed by atoms with Crippen molar-refractivity contribution in [2.75, 3.05) is 27.6 Å². The van der Waals surface area contributed by atoms with E-state index in [4.69, 9.17) is 61.1 Å². The van der Waals surface area contributed by atoms with E-state index in [2.05, 4.69) is 69.2 Å². The Balaban J connectivity index is 0.000000256. The Morgan fingerprint density at radius 2 is 0.980 bits per heavy atom. The molecule has 26 heteroatoms. The van der Waals surface area contributed by atoms with Crippen LogP contribution in [-0.2, 0) is 66.5 Å². The quantitative estimate of drug-likeness (QED) is 0.0473. The summed E-state index contributed by atoms with van der Waals surface area (Å²) in [5, 5.41) is 52.8. The van der Waals surface area contributed by atoms with Crippen LogP contribution in [0.1, 0.15) is 228 Å². The molecule has 29 atom stereocenters. The van der Waals surface area contributed by atoms with Crippen molar-refractivity contribution in [3.8, 4) is 0 Å². The Labute approximate surface area is 631 Å². The molecule has 5 N–H and O–H groups in total. The molecule has 101 heavy (non-hydrogen) atoms. The number of carbonyl (C=O) groups is 4. The van der Waals surface area contributed by atoms with Gasteiger partial charge in [-0.1, -0.05) is 84.1 Å². The number of ether oxygens (including phenoxy) is 10. The van der Waals surface area contributed by atoms with Crippen molar-refractivity contribution in [2.45, 2.75) is 319 Å². The summed E-state index contributed by atoms with van der Waals surface area (Å²) in [7, 11) is 3.19. The van der Waals surface area contributed by atoms with E-state index < -0.39 is 122 Å². The molecule has 13 aliphatic rings. The number of esters is 2. The number of aliphatic hydroxyl groups is 5. The van der Waals surface area contributed by atoms with E-state index in [1.54, 1.807) is 41.9 Å². The predicted molar refractivity (Wildman–Crippen MR) is 354 cm³/mol. The fourth-order valence-electron chi connectivity index (χ4n) is 26.1. The van der Waals surface area contributed by atoms with E-state index in [9.17, 15) is 44.7 Å². The molecule has 3 aliphatic heterocycles. The number of halogens is 1. The van der Waals surface area contributed by atoms with Crippen LogP contribution in [0, 0.1) is 101 Å². The number of hydrogen-bond acceptors (Lipinski definition) is 23. The molecule has 0 aromatic heterocycles. The molecular weight excluding hydrogens is 1430 g/mol. The van der Waals surface area contributed by atoms with E-state index in [0.29, 0.717) is 30.6 Å². The van der Waals surface area contributed by atoms with E-state index in [1.807, 2.05) is 0 Å². The molecule has 0 aromatic carbocycles. The van der Waals surface area contributed by atoms with Gasteiger partial charge in [-0.2, -0.15) is 0 Å². The molecule has 10 aliphatic carbocycles. The Kier molecular flexibility index (Phi) is 25.7. The molecule has 13 fully saturated rings. The third-order valence-electron chi connectivity index (χ3n) is 30.2. The minimum atomic E-state index is -5.94. The van der Waals surface area contributed by atoms with Crippen LogP contribution in [0.3, 0.4) is 0 Å². The van der Waals surface area contributed by atoms with Gasteiger partial charge in [0.25, 0.3) is 6.48 Å². The summed E-state index contributed by atoms with van der Waals surface area (Å²) in [6.07, 6.45) is 6.97. The minimum absolute atomic E-state index is 0. The molecule has 0 aromatic rings. The fraction of sp³-hybridized carbons (Fsp3) is 0.947. The standard InChI is InChI=1S/C37H58O10.C36H58O9.2CH4.B.IO4.Na/c1-18-15-21(30(33(5,6)43)45-19(2)38)46-28-25(18)34(7)13-14-37-17-36(37)12-11-24(47-31-27(41)26(40)20(39)16-44-31)32(3,4)22(36)9-10-23(37)35(34,8)29(28)42;1-20-17-22(29(32(5,6)39)43-21(2)37)44-27-26(20)33(7)15-16-36-18-35(36)14-13-25(45-30(41-10)42-19-40-9)31(3,4)23(35)11-12-24(36)34(33,8)28(27)38;;;;2-1(3,4)5;/h18,20-28,30-31,39-41,43H,9-17H2,1-8H3;20,22-27,29-30,39H,11-19H2,1-10H3;2*1H4;;;/q;;;;;-1;+1/t18-,20?,21-,22+,23+,24+,25+,26+,27-,28+,30+,31+,34-,35-,36?,37+;20-,22-,23+,24+,25+,26+,27+,29+,30+,33-,34-,35?,36+;;;;;/m11...../s1. The first-order valence-corrected chi connectivity index (χ1v) is 39.6. The van der Waals surface area contributed by atoms with Crippen LogP contribution in [0.15, 0.2) is 0 Å². The molecule has 3 radical (unpaired) electrons. The first kappa shape index (κ1) is 87.6. The zero-order valence-electron chi connectivity index (χ0n) is 62.4. The van der Waals surface area contributed by atoms with Crippen molar-refractivity contribution < 1.29 is 155 Å². The zero-order valence-corrected chi connectivity index (χ0v) is 66.5. The molecule has 23 nitrogen and oxygen atoms in total. The van der Waals surface area contributed by atoms with Crippen LogP contribution in [-0.4, -0.2) is 176 Å². The maximum absolute atomic E-state index is 15.0. The summed E-state index contributed by atoms with van der Waals surface area (Å²) >= 11 is -5.94. The number of carbonyl (C=O) groups excluding carboxylic acids is 4. The first-order chi connectivity index (χ1) is 44.7. The first-order valence-electron chi connectivity index (χ1n) is 36.1. The number of fused-ring (bicyclic) bond motifs is 8. The summed E-state index contributed by atoms with van der Waals surface area (Å²) < 4.78 is 93.9. The second kappa shape index (κ2) is 29.6. The van der Waals surface area contributed by atoms with Crippen molar-refractivity contribution in [2.24, 2.45) is 101 Å². The van der Waals surface area contributed by atoms with Gasteiger partial charge in [-0.15, -0.1) is 0 Å². The van der Waals surface area contributed by atoms with Gasteiger partial charge >= 0.3 is 41.5 Å². The van der Waals surface area contributed by atoms with Crippen LogP contribution in [0.5, 0.6) is 0 Å². The summed E-state index contributed by atoms with van der Waals surface area (Å²) in [6, 6.07) is 0. The molecule has 0 amide bonds. The van der Waals surface area contributed by atoms with Crippen LogP contribution in [0.4, 0.5) is 0 Å². The molecule has 0 bridgehead atoms. The Morgan fingerprint density at radius 3 is 1.36 bits per heavy atom. The minimum Gasteiger partial charge on any atom is -0.457 e. The molecule has 13 rings (SSSR count). The maximum atomic E-state index is 15.0. The van der Waals surface area contributed by atoms with Crippen LogP contribution in [0.2, 0.25) is 0 Å². The average Bonchev–Trinajstić information content (AvgIpc) is 1.47. The van der Waals surface area contributed by atoms with E-state index in [0.717, 1.165) is 83.5 Å². The number of methoxy groups -OCH3 is 2. The van der Waals surface area contributed by atoms with Gasteiger partial charge in [-0.05, 0) is 209 Å². The molecule has 573 valence electrons. The normalized spacial score (nSPS) is 47.0. The summed E-state index contributed by atoms with van der Waals surface area (Å²) in [4.78, 5) is 53.9. The molecular formula is C75H124BINaO23. The van der Waals surface area contributed by atoms with Crippen LogP contribution < -0.4 is 63.4 Å². The van der Waals surface area contributed by atoms with Crippen molar-refractivity contribution >= 4 is 31.9 Å². The Morgan fingerprint density at radius 1 is 0.604 bits per heavy atom. The number of Topliss-reactive ketones (excluding diaryl/α,β-unsaturated/α-hetero) is 2. The van der Waals surface area contributed by atoms with Crippen molar-refractivity contribution in [3.63, 3.8) is 0 Å². The second-order valence-electron chi connectivity index (χ2n) is 36.0. The predicted octanol–water partition coefficient (Wildman–Crippen LogP) is -0.676. The van der Waals surface area contributed by atoms with Crippen molar-refractivity contribution in [1.82, 2.24) is 0 Å². The van der Waals surface area contributed by atoms with E-state index >= 15 is 0 Å². The van der Waals surface area contributed by atoms with Crippen molar-refractivity contribution in [3.05, 3.63) is 0 Å². The molecule has 10 saturated carbocycles. The van der Waals surface area contributed by atoms with Gasteiger partial charge in [-0.3, -0.25) is 32.9 Å². The van der Waals surface area contributed by atoms with Gasteiger partial charge in [0.2, 0.25) is 0 Å². The van der Waals surface area contributed by atoms with Crippen LogP contribution >= 0.6 is 0 Å². The number of ketones is 2. The molecule has 3 unspecified atom stereocenters. The number of aliphatic hydroxyl groups excluding tert-OH is 3. The Hall–Kier alpha value is -0.605. The fourth-order valence-corrected chi connectivity index (χ4v) is 26.1. The largest absolute Gasteiger partial charge is 1.00 e. The second-order valence-corrected chi connectivity index (χ2v) is 38.2. The third kappa shape index (κ3) is 13.7. The zero-order chi connectivity index (χ0) is 71.7. The SMILES string of the molecule is C.C.CC(=O)O[C@@H]([C@H]1C[C@@H](C)[C@H]2[C@H](O1)C(=O)[C@@]1(C)[C@@H]3CC[C@H]4C(C)(C)[C@@H](O[C@@H]5OCC(O)[C@H](O)[C@H]5O)CCC45C[C@@]35CC[C@]21C)C(C)(C)O.COCO[C@H](OC)O[C@H]1CCC23C[C@]24CC[C@]2(C)[C@H]5[C@H](C)C[C@H]([C@H](OC(C)=O)C(C)(C)O)O[C@@H]5C(=O)[C@@]2(C)[C@@H]4CC[C@H]3C1(C)C.[B].[Na+].[O-][I+3]([O-])([O-])[O-]. The number of rotatable bonds is 14. The van der Waals surface area contributed by atoms with Gasteiger partial charge in [0.05, 0.1) is 42.2 Å². The smallest absolute Gasteiger partial charge is 0.457 e. The topological polar surface area (TPSA) is 354 Å². The summed E-state index contributed by atoms with van der Waals surface area (Å²) in [6.45, 7) is 31.5. The van der Waals surface area contributed by atoms with E-state index in [-0.39, 0.29) is 163 Å². The molecule has 3 saturated heterocycles. The molecule has 4 spiro atoms. The Bertz CT molecular complexity index is 2970. The van der Waals surface area contributed by atoms with Gasteiger partial charge < -0.3 is 72.9 Å². The summed E-state index contributed by atoms with van der Waals surface area (Å²) in [5.41, 5.74) is -3.68. The monoisotopic (exact) mass is 1550 g/mol. The van der Waals surface area contributed by atoms with E-state index in [1.165, 1.54) is 20.3 Å². The maximum Gasteiger partial charge on any atom is 1.00 e. The van der Waals surface area contributed by atoms with Gasteiger partial charge in [-0.25, -0.2) is 0 Å². The van der Waals surface area contributed by atoms with Gasteiger partial charge in [0.1, 0.15) is 50.6 Å². The average molecular weight is 1550 g/mol. The summed E-state index contributed by atoms with van der Waals surface area (Å²) in [5.74, 6) is 1.51. The van der Waals surface area contributed by atoms with Gasteiger partial charge in [0.15, 0.2) is 36.9 Å². The number of hydrogen-bond donors (Lipinski definition) is 5. The third-order valence-corrected chi connectivity index (χ3v) is 30.2.